The van der Waals surface area contributed by atoms with Crippen molar-refractivity contribution in [3.63, 3.8) is 0 Å². The maximum Gasteiger partial charge on any atom is 0.340 e. The van der Waals surface area contributed by atoms with Crippen LogP contribution in [0.1, 0.15) is 23.2 Å². The van der Waals surface area contributed by atoms with E-state index in [9.17, 15) is 4.79 Å². The van der Waals surface area contributed by atoms with Crippen LogP contribution >= 0.6 is 0 Å². The van der Waals surface area contributed by atoms with Crippen molar-refractivity contribution in [3.05, 3.63) is 42.2 Å². The third kappa shape index (κ3) is 2.65. The predicted octanol–water partition coefficient (Wildman–Crippen LogP) is 2.82. The fraction of sp³-hybridized carbons (Fsp3) is 0.375. The van der Waals surface area contributed by atoms with Gasteiger partial charge in [-0.3, -0.25) is 4.98 Å². The van der Waals surface area contributed by atoms with E-state index < -0.39 is 0 Å². The van der Waals surface area contributed by atoms with E-state index in [1.807, 2.05) is 24.3 Å². The maximum atomic E-state index is 12.4. The summed E-state index contributed by atoms with van der Waals surface area (Å²) in [4.78, 5) is 16.5. The molecular weight excluding hydrogens is 254 g/mol. The van der Waals surface area contributed by atoms with Crippen LogP contribution in [0.2, 0.25) is 0 Å². The summed E-state index contributed by atoms with van der Waals surface area (Å²) in [5.74, 6) is 0.130. The number of ether oxygens (including phenoxy) is 2. The second-order valence-corrected chi connectivity index (χ2v) is 5.14. The highest BCUT2D eigenvalue weighted by molar-refractivity contribution is 6.03. The summed E-state index contributed by atoms with van der Waals surface area (Å²) < 4.78 is 10.7. The first kappa shape index (κ1) is 13.1. The van der Waals surface area contributed by atoms with E-state index in [1.54, 1.807) is 19.5 Å². The molecule has 4 nitrogen and oxygen atoms in total. The Balaban J connectivity index is 1.84. The quantitative estimate of drug-likeness (QED) is 0.785. The van der Waals surface area contributed by atoms with E-state index >= 15 is 0 Å². The Hall–Kier alpha value is -1.94. The molecule has 3 rings (SSSR count). The van der Waals surface area contributed by atoms with E-state index in [2.05, 4.69) is 4.98 Å². The molecule has 1 heterocycles. The first-order chi connectivity index (χ1) is 9.79. The number of aromatic nitrogens is 1. The molecule has 0 bridgehead atoms. The van der Waals surface area contributed by atoms with Crippen molar-refractivity contribution in [1.29, 1.82) is 0 Å². The molecule has 1 aliphatic carbocycles. The molecule has 20 heavy (non-hydrogen) atoms. The lowest BCUT2D eigenvalue weighted by Crippen LogP contribution is -2.25. The van der Waals surface area contributed by atoms with Crippen molar-refractivity contribution in [2.24, 2.45) is 5.92 Å². The molecule has 1 aromatic heterocycles. The largest absolute Gasteiger partial charge is 0.456 e. The number of pyridine rings is 1. The molecule has 1 fully saturated rings. The smallest absolute Gasteiger partial charge is 0.340 e. The van der Waals surface area contributed by atoms with Crippen LogP contribution in [0.5, 0.6) is 0 Å². The van der Waals surface area contributed by atoms with Crippen molar-refractivity contribution in [2.75, 3.05) is 13.7 Å². The minimum absolute atomic E-state index is 0.147. The summed E-state index contributed by atoms with van der Waals surface area (Å²) >= 11 is 0. The number of hydrogen-bond acceptors (Lipinski definition) is 4. The predicted molar refractivity (Wildman–Crippen MR) is 75.5 cm³/mol. The monoisotopic (exact) mass is 271 g/mol. The Morgan fingerprint density at radius 3 is 2.90 bits per heavy atom. The summed E-state index contributed by atoms with van der Waals surface area (Å²) in [5, 5.41) is 1.82. The average Bonchev–Trinajstić information content (AvgIpc) is 3.31. The Morgan fingerprint density at radius 2 is 2.15 bits per heavy atom. The van der Waals surface area contributed by atoms with Gasteiger partial charge in [-0.25, -0.2) is 4.79 Å². The van der Waals surface area contributed by atoms with Crippen molar-refractivity contribution in [3.8, 4) is 0 Å². The highest BCUT2D eigenvalue weighted by Gasteiger charge is 2.34. The molecule has 1 atom stereocenters. The van der Waals surface area contributed by atoms with Crippen LogP contribution in [0, 0.1) is 5.92 Å². The first-order valence-electron chi connectivity index (χ1n) is 6.82. The molecule has 4 heteroatoms. The van der Waals surface area contributed by atoms with Crippen LogP contribution in [0.15, 0.2) is 36.7 Å². The van der Waals surface area contributed by atoms with Gasteiger partial charge >= 0.3 is 5.97 Å². The number of fused-ring (bicyclic) bond motifs is 1. The van der Waals surface area contributed by atoms with Gasteiger partial charge in [0.2, 0.25) is 0 Å². The molecule has 0 spiro atoms. The molecule has 0 amide bonds. The zero-order valence-electron chi connectivity index (χ0n) is 11.4. The minimum atomic E-state index is -0.316. The number of nitrogens with zero attached hydrogens (tertiary/aromatic N) is 1. The molecule has 0 aliphatic heterocycles. The van der Waals surface area contributed by atoms with E-state index in [0.29, 0.717) is 18.1 Å². The molecule has 0 N–H and O–H groups in total. The second-order valence-electron chi connectivity index (χ2n) is 5.14. The third-order valence-corrected chi connectivity index (χ3v) is 3.63. The molecule has 1 saturated carbocycles. The summed E-state index contributed by atoms with van der Waals surface area (Å²) in [7, 11) is 1.63. The molecule has 1 unspecified atom stereocenters. The standard InChI is InChI=1S/C16H17NO3/c1-19-10-15(11-6-7-11)20-16(18)14-9-17-8-12-4-2-3-5-13(12)14/h2-5,8-9,11,15H,6-7,10H2,1H3. The maximum absolute atomic E-state index is 12.4. The number of carbonyl (C=O) groups is 1. The molecule has 1 aromatic carbocycles. The molecule has 2 aromatic rings. The number of hydrogen-bond donors (Lipinski definition) is 0. The number of carbonyl (C=O) groups excluding carboxylic acids is 1. The van der Waals surface area contributed by atoms with Crippen LogP contribution in [0.3, 0.4) is 0 Å². The minimum Gasteiger partial charge on any atom is -0.456 e. The fourth-order valence-corrected chi connectivity index (χ4v) is 2.38. The zero-order valence-corrected chi connectivity index (χ0v) is 11.4. The highest BCUT2D eigenvalue weighted by Crippen LogP contribution is 2.35. The lowest BCUT2D eigenvalue weighted by Gasteiger charge is -2.16. The number of rotatable bonds is 5. The lowest BCUT2D eigenvalue weighted by molar-refractivity contribution is -0.00155. The van der Waals surface area contributed by atoms with Crippen LogP contribution in [-0.4, -0.2) is 30.8 Å². The van der Waals surface area contributed by atoms with Crippen molar-refractivity contribution < 1.29 is 14.3 Å². The second kappa shape index (κ2) is 5.59. The van der Waals surface area contributed by atoms with Crippen LogP contribution in [0.4, 0.5) is 0 Å². The topological polar surface area (TPSA) is 48.4 Å². The van der Waals surface area contributed by atoms with Gasteiger partial charge in [-0.2, -0.15) is 0 Å². The van der Waals surface area contributed by atoms with Gasteiger partial charge in [-0.1, -0.05) is 24.3 Å². The van der Waals surface area contributed by atoms with Gasteiger partial charge in [-0.15, -0.1) is 0 Å². The zero-order chi connectivity index (χ0) is 13.9. The lowest BCUT2D eigenvalue weighted by atomic mass is 10.1. The molecule has 0 radical (unpaired) electrons. The summed E-state index contributed by atoms with van der Waals surface area (Å²) in [5.41, 5.74) is 0.518. The van der Waals surface area contributed by atoms with E-state index in [-0.39, 0.29) is 12.1 Å². The summed E-state index contributed by atoms with van der Waals surface area (Å²) in [6.45, 7) is 0.453. The Bertz CT molecular complexity index is 617. The van der Waals surface area contributed by atoms with Gasteiger partial charge in [0.15, 0.2) is 0 Å². The van der Waals surface area contributed by atoms with Gasteiger partial charge in [0.1, 0.15) is 6.10 Å². The Kier molecular flexibility index (Phi) is 3.65. The molecule has 104 valence electrons. The Morgan fingerprint density at radius 1 is 1.35 bits per heavy atom. The van der Waals surface area contributed by atoms with Gasteiger partial charge in [0.25, 0.3) is 0 Å². The van der Waals surface area contributed by atoms with Gasteiger partial charge in [0.05, 0.1) is 12.2 Å². The van der Waals surface area contributed by atoms with Gasteiger partial charge in [0, 0.05) is 24.9 Å². The van der Waals surface area contributed by atoms with Crippen LogP contribution in [0.25, 0.3) is 10.8 Å². The number of benzene rings is 1. The molecular formula is C16H17NO3. The number of esters is 1. The van der Waals surface area contributed by atoms with E-state index in [0.717, 1.165) is 23.6 Å². The van der Waals surface area contributed by atoms with Crippen molar-refractivity contribution in [1.82, 2.24) is 4.98 Å². The van der Waals surface area contributed by atoms with E-state index in [1.165, 1.54) is 0 Å². The Labute approximate surface area is 117 Å². The van der Waals surface area contributed by atoms with Crippen molar-refractivity contribution >= 4 is 16.7 Å². The van der Waals surface area contributed by atoms with Crippen LogP contribution in [-0.2, 0) is 9.47 Å². The molecule has 1 aliphatic rings. The fourth-order valence-electron chi connectivity index (χ4n) is 2.38. The number of methoxy groups -OCH3 is 1. The van der Waals surface area contributed by atoms with Crippen LogP contribution < -0.4 is 0 Å². The molecule has 0 saturated heterocycles. The summed E-state index contributed by atoms with van der Waals surface area (Å²) in [6.07, 6.45) is 5.39. The van der Waals surface area contributed by atoms with Gasteiger partial charge in [-0.05, 0) is 24.1 Å². The average molecular weight is 271 g/mol. The van der Waals surface area contributed by atoms with Crippen molar-refractivity contribution in [2.45, 2.75) is 18.9 Å². The SMILES string of the molecule is COCC(OC(=O)c1cncc2ccccc12)C1CC1. The normalized spacial score (nSPS) is 16.1. The third-order valence-electron chi connectivity index (χ3n) is 3.63. The van der Waals surface area contributed by atoms with Gasteiger partial charge < -0.3 is 9.47 Å². The van der Waals surface area contributed by atoms with E-state index in [4.69, 9.17) is 9.47 Å². The highest BCUT2D eigenvalue weighted by atomic mass is 16.6. The first-order valence-corrected chi connectivity index (χ1v) is 6.82. The summed E-state index contributed by atoms with van der Waals surface area (Å²) in [6, 6.07) is 7.69.